The lowest BCUT2D eigenvalue weighted by Crippen LogP contribution is -2.19. The molecular formula is C15H18N4. The number of para-hydroxylation sites is 1. The maximum atomic E-state index is 5.82. The molecule has 0 amide bonds. The Labute approximate surface area is 113 Å². The minimum atomic E-state index is 0.402. The number of hydrogen-bond donors (Lipinski definition) is 2. The van der Waals surface area contributed by atoms with Crippen molar-refractivity contribution >= 4 is 23.0 Å². The van der Waals surface area contributed by atoms with Crippen molar-refractivity contribution in [2.45, 2.75) is 19.3 Å². The van der Waals surface area contributed by atoms with Gasteiger partial charge >= 0.3 is 0 Å². The number of aromatic nitrogens is 1. The van der Waals surface area contributed by atoms with Gasteiger partial charge in [0, 0.05) is 12.2 Å². The van der Waals surface area contributed by atoms with Crippen LogP contribution in [-0.2, 0) is 6.42 Å². The third-order valence-corrected chi connectivity index (χ3v) is 3.58. The Balaban J connectivity index is 2.06. The van der Waals surface area contributed by atoms with Crippen LogP contribution in [0, 0.1) is 0 Å². The van der Waals surface area contributed by atoms with Crippen LogP contribution in [0.2, 0.25) is 0 Å². The molecule has 4 nitrogen and oxygen atoms in total. The molecule has 0 unspecified atom stereocenters. The largest absolute Gasteiger partial charge is 0.396 e. The third kappa shape index (κ3) is 2.21. The fourth-order valence-corrected chi connectivity index (χ4v) is 2.55. The summed E-state index contributed by atoms with van der Waals surface area (Å²) in [6, 6.07) is 12.3. The molecule has 0 spiro atoms. The van der Waals surface area contributed by atoms with Gasteiger partial charge in [-0.25, -0.2) is 4.98 Å². The van der Waals surface area contributed by atoms with Gasteiger partial charge in [0.05, 0.1) is 5.69 Å². The molecule has 0 saturated carbocycles. The second kappa shape index (κ2) is 4.80. The molecule has 1 aliphatic heterocycles. The van der Waals surface area contributed by atoms with Crippen molar-refractivity contribution in [2.24, 2.45) is 0 Å². The second-order valence-corrected chi connectivity index (χ2v) is 4.88. The van der Waals surface area contributed by atoms with Gasteiger partial charge in [0.2, 0.25) is 0 Å². The molecule has 4 heteroatoms. The van der Waals surface area contributed by atoms with E-state index >= 15 is 0 Å². The first-order chi connectivity index (χ1) is 9.25. The van der Waals surface area contributed by atoms with E-state index in [0.717, 1.165) is 25.2 Å². The summed E-state index contributed by atoms with van der Waals surface area (Å²) in [5.74, 6) is 1.28. The van der Waals surface area contributed by atoms with E-state index < -0.39 is 0 Å². The number of pyridine rings is 1. The second-order valence-electron chi connectivity index (χ2n) is 4.88. The number of benzene rings is 1. The van der Waals surface area contributed by atoms with Gasteiger partial charge in [0.15, 0.2) is 0 Å². The number of anilines is 4. The molecule has 0 bridgehead atoms. The van der Waals surface area contributed by atoms with Crippen molar-refractivity contribution in [3.05, 3.63) is 42.0 Å². The molecule has 0 aliphatic carbocycles. The summed E-state index contributed by atoms with van der Waals surface area (Å²) < 4.78 is 0. The standard InChI is InChI=1S/C15H18N4/c16-12-8-9-14(18-15(12)17)19-10-4-3-6-11-5-1-2-7-13(11)19/h1-2,5,7-9H,3-4,6,10,16H2,(H2,17,18). The van der Waals surface area contributed by atoms with Crippen LogP contribution < -0.4 is 16.4 Å². The van der Waals surface area contributed by atoms with Gasteiger partial charge in [0.25, 0.3) is 0 Å². The Hall–Kier alpha value is -2.23. The molecule has 4 N–H and O–H groups in total. The summed E-state index contributed by atoms with van der Waals surface area (Å²) in [5, 5.41) is 0. The average molecular weight is 254 g/mol. The summed E-state index contributed by atoms with van der Waals surface area (Å²) in [7, 11) is 0. The normalized spacial score (nSPS) is 14.8. The third-order valence-electron chi connectivity index (χ3n) is 3.58. The number of rotatable bonds is 1. The molecule has 19 heavy (non-hydrogen) atoms. The van der Waals surface area contributed by atoms with Crippen molar-refractivity contribution in [2.75, 3.05) is 22.9 Å². The van der Waals surface area contributed by atoms with Crippen LogP contribution in [0.4, 0.5) is 23.0 Å². The predicted molar refractivity (Wildman–Crippen MR) is 79.4 cm³/mol. The van der Waals surface area contributed by atoms with Gasteiger partial charge in [-0.3, -0.25) is 0 Å². The first-order valence-corrected chi connectivity index (χ1v) is 6.63. The Morgan fingerprint density at radius 2 is 1.84 bits per heavy atom. The van der Waals surface area contributed by atoms with Crippen molar-refractivity contribution in [1.29, 1.82) is 0 Å². The summed E-state index contributed by atoms with van der Waals surface area (Å²) in [5.41, 5.74) is 14.7. The van der Waals surface area contributed by atoms with E-state index in [1.54, 1.807) is 0 Å². The molecule has 1 aromatic heterocycles. The number of nitrogen functional groups attached to an aromatic ring is 2. The zero-order valence-electron chi connectivity index (χ0n) is 10.8. The van der Waals surface area contributed by atoms with Gasteiger partial charge in [-0.05, 0) is 43.0 Å². The Morgan fingerprint density at radius 3 is 2.68 bits per heavy atom. The van der Waals surface area contributed by atoms with E-state index in [2.05, 4.69) is 34.1 Å². The molecule has 0 atom stereocenters. The molecule has 0 saturated heterocycles. The van der Waals surface area contributed by atoms with Crippen LogP contribution in [0.15, 0.2) is 36.4 Å². The van der Waals surface area contributed by atoms with E-state index in [1.807, 2.05) is 12.1 Å². The van der Waals surface area contributed by atoms with Crippen LogP contribution in [0.5, 0.6) is 0 Å². The van der Waals surface area contributed by atoms with E-state index in [9.17, 15) is 0 Å². The lowest BCUT2D eigenvalue weighted by atomic mass is 10.1. The van der Waals surface area contributed by atoms with E-state index in [0.29, 0.717) is 11.5 Å². The fraction of sp³-hybridized carbons (Fsp3) is 0.267. The van der Waals surface area contributed by atoms with Gasteiger partial charge in [-0.2, -0.15) is 0 Å². The van der Waals surface area contributed by atoms with Crippen molar-refractivity contribution in [1.82, 2.24) is 4.98 Å². The highest BCUT2D eigenvalue weighted by atomic mass is 15.2. The maximum Gasteiger partial charge on any atom is 0.149 e. The number of hydrogen-bond acceptors (Lipinski definition) is 4. The number of aryl methyl sites for hydroxylation is 1. The summed E-state index contributed by atoms with van der Waals surface area (Å²) in [6.45, 7) is 0.966. The van der Waals surface area contributed by atoms with Crippen LogP contribution in [-0.4, -0.2) is 11.5 Å². The lowest BCUT2D eigenvalue weighted by Gasteiger charge is -2.24. The quantitative estimate of drug-likeness (QED) is 0.821. The van der Waals surface area contributed by atoms with Crippen LogP contribution in [0.1, 0.15) is 18.4 Å². The zero-order valence-corrected chi connectivity index (χ0v) is 10.8. The minimum Gasteiger partial charge on any atom is -0.396 e. The van der Waals surface area contributed by atoms with E-state index in [1.165, 1.54) is 17.7 Å². The number of fused-ring (bicyclic) bond motifs is 1. The van der Waals surface area contributed by atoms with Crippen molar-refractivity contribution in [3.8, 4) is 0 Å². The number of nitrogens with zero attached hydrogens (tertiary/aromatic N) is 2. The smallest absolute Gasteiger partial charge is 0.149 e. The Kier molecular flexibility index (Phi) is 2.99. The molecule has 0 radical (unpaired) electrons. The van der Waals surface area contributed by atoms with E-state index in [4.69, 9.17) is 11.5 Å². The fourth-order valence-electron chi connectivity index (χ4n) is 2.55. The first-order valence-electron chi connectivity index (χ1n) is 6.63. The van der Waals surface area contributed by atoms with Crippen LogP contribution in [0.3, 0.4) is 0 Å². The molecule has 1 aliphatic rings. The molecule has 2 aromatic rings. The maximum absolute atomic E-state index is 5.82. The summed E-state index contributed by atoms with van der Waals surface area (Å²) in [6.07, 6.45) is 3.48. The zero-order chi connectivity index (χ0) is 13.2. The summed E-state index contributed by atoms with van der Waals surface area (Å²) >= 11 is 0. The van der Waals surface area contributed by atoms with Gasteiger partial charge < -0.3 is 16.4 Å². The Morgan fingerprint density at radius 1 is 1.00 bits per heavy atom. The molecular weight excluding hydrogens is 236 g/mol. The lowest BCUT2D eigenvalue weighted by molar-refractivity contribution is 0.758. The highest BCUT2D eigenvalue weighted by Crippen LogP contribution is 2.32. The average Bonchev–Trinajstić information content (AvgIpc) is 2.64. The number of nitrogens with two attached hydrogens (primary N) is 2. The molecule has 2 heterocycles. The minimum absolute atomic E-state index is 0.402. The van der Waals surface area contributed by atoms with E-state index in [-0.39, 0.29) is 0 Å². The molecule has 1 aromatic carbocycles. The highest BCUT2D eigenvalue weighted by molar-refractivity contribution is 5.69. The van der Waals surface area contributed by atoms with Gasteiger partial charge in [0.1, 0.15) is 11.6 Å². The molecule has 0 fully saturated rings. The Bertz CT molecular complexity index is 594. The summed E-state index contributed by atoms with van der Waals surface area (Å²) in [4.78, 5) is 6.65. The molecule has 98 valence electrons. The van der Waals surface area contributed by atoms with Crippen molar-refractivity contribution < 1.29 is 0 Å². The first kappa shape index (κ1) is 11.8. The SMILES string of the molecule is Nc1ccc(N2CCCCc3ccccc32)nc1N. The van der Waals surface area contributed by atoms with Crippen molar-refractivity contribution in [3.63, 3.8) is 0 Å². The monoisotopic (exact) mass is 254 g/mol. The predicted octanol–water partition coefficient (Wildman–Crippen LogP) is 2.72. The highest BCUT2D eigenvalue weighted by Gasteiger charge is 2.17. The van der Waals surface area contributed by atoms with Gasteiger partial charge in [-0.15, -0.1) is 0 Å². The topological polar surface area (TPSA) is 68.2 Å². The molecule has 3 rings (SSSR count). The van der Waals surface area contributed by atoms with Gasteiger partial charge in [-0.1, -0.05) is 18.2 Å². The van der Waals surface area contributed by atoms with Crippen LogP contribution in [0.25, 0.3) is 0 Å². The van der Waals surface area contributed by atoms with Crippen LogP contribution >= 0.6 is 0 Å².